The third-order valence-corrected chi connectivity index (χ3v) is 11.4. The number of nitrogens with two attached hydrogens (primary N) is 1. The lowest BCUT2D eigenvalue weighted by Crippen LogP contribution is -2.31. The molecule has 0 spiro atoms. The number of nitrogens with one attached hydrogen (secondary N) is 1. The standard InChI is InChI=1S/C18H27IN5O13P3S2/c1-10(42-41-2)34-12-6-14(35-13(12)8-33-39(29,30)37-40(31,32)36-38(26,27)28)24-7-11(4-3-5-21-18(19)25)15-16(20)22-9-23-17(15)24/h7,9-10,12-14,26-32H,5-6,8H2,1-2H3,(H2-,20,21,22,23,25)/q+2/p+1/t10-,12-,13-,14-/m1/s1. The molecule has 24 heteroatoms. The van der Waals surface area contributed by atoms with E-state index in [1.807, 2.05) is 6.26 Å². The number of halogens is 1. The van der Waals surface area contributed by atoms with Crippen molar-refractivity contribution >= 4 is 89.5 Å². The Morgan fingerprint density at radius 3 is 2.62 bits per heavy atom. The summed E-state index contributed by atoms with van der Waals surface area (Å²) in [5, 5.41) is 3.00. The second-order valence-electron chi connectivity index (χ2n) is 8.16. The van der Waals surface area contributed by atoms with Crippen LogP contribution >= 0.6 is 68.7 Å². The van der Waals surface area contributed by atoms with Crippen molar-refractivity contribution in [3.8, 4) is 11.8 Å². The van der Waals surface area contributed by atoms with Gasteiger partial charge in [0.15, 0.2) is 0 Å². The zero-order chi connectivity index (χ0) is 31.3. The first kappa shape index (κ1) is 36.2. The Morgan fingerprint density at radius 1 is 1.26 bits per heavy atom. The molecule has 1 saturated heterocycles. The maximum Gasteiger partial charge on any atom is 0.667 e. The fraction of sp³-hybridized carbons (Fsp3) is 0.500. The number of nitrogen functional groups attached to an aromatic ring is 1. The zero-order valence-electron chi connectivity index (χ0n) is 21.6. The molecule has 1 aliphatic rings. The first-order valence-electron chi connectivity index (χ1n) is 11.4. The fourth-order valence-electron chi connectivity index (χ4n) is 3.73. The quantitative estimate of drug-likeness (QED) is 0.0264. The summed E-state index contributed by atoms with van der Waals surface area (Å²) in [6.07, 6.45) is 2.56. The second kappa shape index (κ2) is 15.3. The largest absolute Gasteiger partial charge is 0.667 e. The number of rotatable bonds is 13. The molecule has 42 heavy (non-hydrogen) atoms. The van der Waals surface area contributed by atoms with Gasteiger partial charge in [0, 0.05) is 35.2 Å². The van der Waals surface area contributed by atoms with E-state index in [9.17, 15) is 24.4 Å². The fourth-order valence-corrected chi connectivity index (χ4v) is 8.50. The van der Waals surface area contributed by atoms with Crippen LogP contribution in [0.4, 0.5) is 10.6 Å². The topological polar surface area (TPSA) is 274 Å². The van der Waals surface area contributed by atoms with Crippen LogP contribution in [0.15, 0.2) is 12.5 Å². The van der Waals surface area contributed by atoms with E-state index in [1.54, 1.807) is 40.3 Å². The van der Waals surface area contributed by atoms with E-state index >= 15 is 0 Å². The van der Waals surface area contributed by atoms with Crippen LogP contribution in [-0.2, 0) is 22.6 Å². The van der Waals surface area contributed by atoms with Crippen LogP contribution in [0.3, 0.4) is 0 Å². The third kappa shape index (κ3) is 10.9. The van der Waals surface area contributed by atoms with Crippen molar-refractivity contribution in [2.75, 3.05) is 25.1 Å². The second-order valence-corrected chi connectivity index (χ2v) is 16.5. The zero-order valence-corrected chi connectivity index (χ0v) is 28.1. The van der Waals surface area contributed by atoms with Crippen molar-refractivity contribution < 1.29 is 61.7 Å². The first-order valence-corrected chi connectivity index (χ1v) is 19.7. The summed E-state index contributed by atoms with van der Waals surface area (Å²) >= 11 is 1.59. The third-order valence-electron chi connectivity index (χ3n) is 5.10. The number of nitrogens with zero attached hydrogens (tertiary/aromatic N) is 3. The van der Waals surface area contributed by atoms with Gasteiger partial charge in [-0.2, -0.15) is 34.3 Å². The Labute approximate surface area is 262 Å². The molecule has 2 aromatic rings. The first-order chi connectivity index (χ1) is 19.5. The van der Waals surface area contributed by atoms with Gasteiger partial charge in [0.25, 0.3) is 3.91 Å². The molecule has 234 valence electrons. The van der Waals surface area contributed by atoms with Crippen molar-refractivity contribution in [3.05, 3.63) is 18.1 Å². The lowest BCUT2D eigenvalue weighted by atomic mass is 10.2. The maximum absolute atomic E-state index is 11.1. The van der Waals surface area contributed by atoms with E-state index in [0.29, 0.717) is 16.6 Å². The van der Waals surface area contributed by atoms with Gasteiger partial charge < -0.3 is 25.1 Å². The molecule has 0 aliphatic carbocycles. The summed E-state index contributed by atoms with van der Waals surface area (Å²) in [5.74, 6) is 5.91. The van der Waals surface area contributed by atoms with Gasteiger partial charge in [-0.05, 0) is 13.2 Å². The highest BCUT2D eigenvalue weighted by molar-refractivity contribution is 14.1. The van der Waals surface area contributed by atoms with Gasteiger partial charge in [-0.25, -0.2) is 9.97 Å². The Morgan fingerprint density at radius 2 is 1.98 bits per heavy atom. The van der Waals surface area contributed by atoms with E-state index in [0.717, 1.165) is 0 Å². The number of hydrogen-bond acceptors (Lipinski definition) is 18. The molecule has 0 radical (unpaired) electrons. The molecule has 10 N–H and O–H groups in total. The molecule has 1 amide bonds. The Bertz CT molecular complexity index is 1310. The highest BCUT2D eigenvalue weighted by Crippen LogP contribution is 2.75. The van der Waals surface area contributed by atoms with Gasteiger partial charge in [-0.15, -0.1) is 4.52 Å². The van der Waals surface area contributed by atoms with E-state index in [2.05, 4.69) is 35.7 Å². The van der Waals surface area contributed by atoms with Gasteiger partial charge in [-0.1, -0.05) is 33.4 Å². The molecular formula is C18H28IN5O13P3S2+3. The molecule has 3 heterocycles. The van der Waals surface area contributed by atoms with Crippen molar-refractivity contribution in [1.29, 1.82) is 0 Å². The van der Waals surface area contributed by atoms with E-state index in [1.165, 1.54) is 27.9 Å². The summed E-state index contributed by atoms with van der Waals surface area (Å²) in [5.41, 5.74) is 6.62. The van der Waals surface area contributed by atoms with Gasteiger partial charge in [0.2, 0.25) is 0 Å². The molecule has 3 rings (SSSR count). The van der Waals surface area contributed by atoms with Gasteiger partial charge in [0.1, 0.15) is 42.2 Å². The van der Waals surface area contributed by atoms with Crippen molar-refractivity contribution in [1.82, 2.24) is 19.9 Å². The molecule has 18 nitrogen and oxygen atoms in total. The Hall–Kier alpha value is -0.310. The Balaban J connectivity index is 1.84. The van der Waals surface area contributed by atoms with Crippen molar-refractivity contribution in [2.45, 2.75) is 37.2 Å². The number of carbonyl (C=O) groups excluding carboxylic acids is 1. The molecule has 4 atom stereocenters. The predicted octanol–water partition coefficient (Wildman–Crippen LogP) is 1.57. The number of ether oxygens (including phenoxy) is 2. The Kier molecular flexibility index (Phi) is 13.2. The molecule has 1 aliphatic heterocycles. The SMILES string of the molecule is CSS[C@H](C)O[C@@H]1C[C@H](n2cc(C#CCNC(=O)I)c3c(N)ncnc32)O[C@@H]1CO[P+](O)(O)O[P+](O)(O)O[P+](O)(O)O. The van der Waals surface area contributed by atoms with Crippen LogP contribution < -0.4 is 11.1 Å². The van der Waals surface area contributed by atoms with Crippen molar-refractivity contribution in [3.63, 3.8) is 0 Å². The van der Waals surface area contributed by atoms with Crippen LogP contribution in [0.1, 0.15) is 25.1 Å². The summed E-state index contributed by atoms with van der Waals surface area (Å²) in [4.78, 5) is 85.5. The van der Waals surface area contributed by atoms with E-state index in [-0.39, 0.29) is 28.1 Å². The maximum atomic E-state index is 11.1. The molecule has 2 aromatic heterocycles. The highest BCUT2D eigenvalue weighted by atomic mass is 127. The average molecular weight is 806 g/mol. The van der Waals surface area contributed by atoms with Crippen molar-refractivity contribution in [2.24, 2.45) is 0 Å². The molecule has 0 unspecified atom stereocenters. The molecule has 0 aromatic carbocycles. The molecular weight excluding hydrogens is 778 g/mol. The lowest BCUT2D eigenvalue weighted by molar-refractivity contribution is -0.0639. The summed E-state index contributed by atoms with van der Waals surface area (Å²) in [6, 6.07) is 0. The normalized spacial score (nSPS) is 20.4. The smallest absolute Gasteiger partial charge is 0.383 e. The van der Waals surface area contributed by atoms with Crippen LogP contribution in [-0.4, -0.2) is 89.8 Å². The average Bonchev–Trinajstić information content (AvgIpc) is 3.40. The monoisotopic (exact) mass is 806 g/mol. The van der Waals surface area contributed by atoms with Crippen LogP contribution in [0.2, 0.25) is 0 Å². The summed E-state index contributed by atoms with van der Waals surface area (Å²) in [6.45, 7) is 1.29. The highest BCUT2D eigenvalue weighted by Gasteiger charge is 2.69. The number of amides is 1. The molecule has 0 bridgehead atoms. The van der Waals surface area contributed by atoms with E-state index < -0.39 is 49.6 Å². The number of carbonyl (C=O) groups is 1. The van der Waals surface area contributed by atoms with Gasteiger partial charge >= 0.3 is 24.5 Å². The number of anilines is 1. The van der Waals surface area contributed by atoms with E-state index in [4.69, 9.17) is 34.4 Å². The number of hydrogen-bond donors (Lipinski definition) is 9. The lowest BCUT2D eigenvalue weighted by Gasteiger charge is -2.21. The van der Waals surface area contributed by atoms with Crippen LogP contribution in [0, 0.1) is 11.8 Å². The van der Waals surface area contributed by atoms with Gasteiger partial charge in [0.05, 0.1) is 32.2 Å². The van der Waals surface area contributed by atoms with Crippen LogP contribution in [0.25, 0.3) is 11.0 Å². The number of fused-ring (bicyclic) bond motifs is 1. The predicted molar refractivity (Wildman–Crippen MR) is 165 cm³/mol. The summed E-state index contributed by atoms with van der Waals surface area (Å²) < 4.78 is 26.6. The minimum atomic E-state index is -5.32. The van der Waals surface area contributed by atoms with Gasteiger partial charge in [-0.3, -0.25) is 4.79 Å². The minimum absolute atomic E-state index is 0.0888. The molecule has 0 saturated carbocycles. The number of aromatic nitrogens is 3. The summed E-state index contributed by atoms with van der Waals surface area (Å²) in [7, 11) is -12.7. The minimum Gasteiger partial charge on any atom is -0.383 e. The van der Waals surface area contributed by atoms with Crippen LogP contribution in [0.5, 0.6) is 0 Å². The molecule has 1 fully saturated rings.